The van der Waals surface area contributed by atoms with Crippen LogP contribution >= 0.6 is 11.6 Å². The smallest absolute Gasteiger partial charge is 0.229 e. The molecule has 0 aliphatic carbocycles. The number of nitrogens with one attached hydrogen (secondary N) is 1. The number of anilines is 1. The van der Waals surface area contributed by atoms with E-state index in [-0.39, 0.29) is 0 Å². The minimum Gasteiger partial charge on any atom is -0.436 e. The topological polar surface area (TPSA) is 38.1 Å². The van der Waals surface area contributed by atoms with Gasteiger partial charge in [-0.1, -0.05) is 23.7 Å². The summed E-state index contributed by atoms with van der Waals surface area (Å²) in [7, 11) is 1.88. The van der Waals surface area contributed by atoms with E-state index in [1.807, 2.05) is 50.4 Å². The summed E-state index contributed by atoms with van der Waals surface area (Å²) in [6.45, 7) is 1.97. The van der Waals surface area contributed by atoms with Crippen molar-refractivity contribution in [3.8, 4) is 11.5 Å². The molecule has 0 spiro atoms. The van der Waals surface area contributed by atoms with Crippen LogP contribution in [0.2, 0.25) is 5.02 Å². The van der Waals surface area contributed by atoms with Gasteiger partial charge >= 0.3 is 0 Å². The number of rotatable bonds is 2. The molecule has 3 aromatic rings. The van der Waals surface area contributed by atoms with Gasteiger partial charge in [0, 0.05) is 17.8 Å². The van der Waals surface area contributed by atoms with Gasteiger partial charge in [0.05, 0.1) is 5.56 Å². The average Bonchev–Trinajstić information content (AvgIpc) is 2.82. The third-order valence-corrected chi connectivity index (χ3v) is 3.29. The normalized spacial score (nSPS) is 10.9. The van der Waals surface area contributed by atoms with Gasteiger partial charge in [-0.05, 0) is 36.8 Å². The van der Waals surface area contributed by atoms with E-state index in [9.17, 15) is 0 Å². The monoisotopic (exact) mass is 272 g/mol. The molecular formula is C15H13ClN2O. The molecule has 3 rings (SSSR count). The number of aromatic nitrogens is 1. The maximum Gasteiger partial charge on any atom is 0.229 e. The number of halogens is 1. The summed E-state index contributed by atoms with van der Waals surface area (Å²) in [4.78, 5) is 4.52. The van der Waals surface area contributed by atoms with Crippen LogP contribution in [0.4, 0.5) is 5.69 Å². The molecule has 0 unspecified atom stereocenters. The maximum atomic E-state index is 6.04. The van der Waals surface area contributed by atoms with E-state index in [1.165, 1.54) is 0 Å². The minimum atomic E-state index is 0.602. The Hall–Kier alpha value is -2.00. The molecule has 0 aliphatic rings. The van der Waals surface area contributed by atoms with E-state index in [4.69, 9.17) is 16.0 Å². The third-order valence-electron chi connectivity index (χ3n) is 3.07. The molecular weight excluding hydrogens is 260 g/mol. The molecule has 19 heavy (non-hydrogen) atoms. The average molecular weight is 273 g/mol. The maximum absolute atomic E-state index is 6.04. The summed E-state index contributed by atoms with van der Waals surface area (Å²) < 4.78 is 5.87. The van der Waals surface area contributed by atoms with Crippen molar-refractivity contribution in [2.24, 2.45) is 0 Å². The van der Waals surface area contributed by atoms with Crippen molar-refractivity contribution in [3.05, 3.63) is 47.0 Å². The van der Waals surface area contributed by atoms with Gasteiger partial charge in [-0.2, -0.15) is 0 Å². The lowest BCUT2D eigenvalue weighted by atomic mass is 10.2. The van der Waals surface area contributed by atoms with Gasteiger partial charge in [-0.3, -0.25) is 0 Å². The standard InChI is InChI=1S/C15H13ClN2O/c1-9-7-10(16)8-13-14(9)19-15(18-13)11-5-3-4-6-12(11)17-2/h3-8,17H,1-2H3. The van der Waals surface area contributed by atoms with E-state index in [1.54, 1.807) is 0 Å². The Bertz CT molecular complexity index is 749. The first kappa shape index (κ1) is 12.1. The lowest BCUT2D eigenvalue weighted by Crippen LogP contribution is -1.91. The van der Waals surface area contributed by atoms with Crippen LogP contribution in [0, 0.1) is 6.92 Å². The SMILES string of the molecule is CNc1ccccc1-c1nc2cc(Cl)cc(C)c2o1. The molecule has 0 radical (unpaired) electrons. The van der Waals surface area contributed by atoms with Crippen LogP contribution in [-0.4, -0.2) is 12.0 Å². The van der Waals surface area contributed by atoms with Crippen LogP contribution in [0.3, 0.4) is 0 Å². The van der Waals surface area contributed by atoms with Crippen molar-refractivity contribution in [2.75, 3.05) is 12.4 Å². The molecule has 1 N–H and O–H groups in total. The quantitative estimate of drug-likeness (QED) is 0.746. The van der Waals surface area contributed by atoms with Crippen molar-refractivity contribution in [3.63, 3.8) is 0 Å². The number of oxazole rings is 1. The summed E-state index contributed by atoms with van der Waals surface area (Å²) in [6.07, 6.45) is 0. The van der Waals surface area contributed by atoms with Gasteiger partial charge in [-0.15, -0.1) is 0 Å². The van der Waals surface area contributed by atoms with Crippen LogP contribution in [0.5, 0.6) is 0 Å². The minimum absolute atomic E-state index is 0.602. The van der Waals surface area contributed by atoms with Crippen LogP contribution in [0.25, 0.3) is 22.6 Å². The number of fused-ring (bicyclic) bond motifs is 1. The predicted molar refractivity (Wildman–Crippen MR) is 78.7 cm³/mol. The summed E-state index contributed by atoms with van der Waals surface area (Å²) in [6, 6.07) is 11.6. The van der Waals surface area contributed by atoms with E-state index in [0.717, 1.165) is 27.9 Å². The molecule has 0 saturated carbocycles. The van der Waals surface area contributed by atoms with E-state index < -0.39 is 0 Å². The van der Waals surface area contributed by atoms with E-state index in [0.29, 0.717) is 10.9 Å². The molecule has 0 atom stereocenters. The number of hydrogen-bond donors (Lipinski definition) is 1. The highest BCUT2D eigenvalue weighted by Crippen LogP contribution is 2.32. The molecule has 0 fully saturated rings. The number of aryl methyl sites for hydroxylation is 1. The number of nitrogens with zero attached hydrogens (tertiary/aromatic N) is 1. The van der Waals surface area contributed by atoms with Crippen LogP contribution < -0.4 is 5.32 Å². The van der Waals surface area contributed by atoms with Crippen molar-refractivity contribution in [1.29, 1.82) is 0 Å². The predicted octanol–water partition coefficient (Wildman–Crippen LogP) is 4.50. The van der Waals surface area contributed by atoms with E-state index >= 15 is 0 Å². The Kier molecular flexibility index (Phi) is 2.91. The van der Waals surface area contributed by atoms with Crippen LogP contribution in [0.15, 0.2) is 40.8 Å². The Labute approximate surface area is 116 Å². The molecule has 0 amide bonds. The molecule has 1 aromatic heterocycles. The molecule has 0 aliphatic heterocycles. The van der Waals surface area contributed by atoms with Crippen LogP contribution in [0.1, 0.15) is 5.56 Å². The van der Waals surface area contributed by atoms with Gasteiger partial charge in [0.25, 0.3) is 0 Å². The summed E-state index contributed by atoms with van der Waals surface area (Å²) >= 11 is 6.04. The molecule has 3 nitrogen and oxygen atoms in total. The Morgan fingerprint density at radius 3 is 2.79 bits per heavy atom. The highest BCUT2D eigenvalue weighted by molar-refractivity contribution is 6.31. The zero-order valence-electron chi connectivity index (χ0n) is 10.7. The molecule has 96 valence electrons. The first-order valence-corrected chi connectivity index (χ1v) is 6.40. The fourth-order valence-electron chi connectivity index (χ4n) is 2.16. The Morgan fingerprint density at radius 2 is 2.00 bits per heavy atom. The zero-order chi connectivity index (χ0) is 13.4. The fraction of sp³-hybridized carbons (Fsp3) is 0.133. The largest absolute Gasteiger partial charge is 0.436 e. The van der Waals surface area contributed by atoms with Crippen molar-refractivity contribution >= 4 is 28.4 Å². The lowest BCUT2D eigenvalue weighted by molar-refractivity contribution is 0.617. The second-order valence-electron chi connectivity index (χ2n) is 4.39. The van der Waals surface area contributed by atoms with Gasteiger partial charge < -0.3 is 9.73 Å². The first-order valence-electron chi connectivity index (χ1n) is 6.03. The van der Waals surface area contributed by atoms with Crippen molar-refractivity contribution in [2.45, 2.75) is 6.92 Å². The molecule has 4 heteroatoms. The van der Waals surface area contributed by atoms with Crippen molar-refractivity contribution in [1.82, 2.24) is 4.98 Å². The Morgan fingerprint density at radius 1 is 1.21 bits per heavy atom. The summed E-state index contributed by atoms with van der Waals surface area (Å²) in [5, 5.41) is 3.81. The van der Waals surface area contributed by atoms with Gasteiger partial charge in [0.2, 0.25) is 5.89 Å². The zero-order valence-corrected chi connectivity index (χ0v) is 11.5. The summed E-state index contributed by atoms with van der Waals surface area (Å²) in [5.41, 5.74) is 4.48. The van der Waals surface area contributed by atoms with E-state index in [2.05, 4.69) is 10.3 Å². The number of para-hydroxylation sites is 1. The molecule has 1 heterocycles. The first-order chi connectivity index (χ1) is 9.19. The van der Waals surface area contributed by atoms with Crippen molar-refractivity contribution < 1.29 is 4.42 Å². The highest BCUT2D eigenvalue weighted by Gasteiger charge is 2.13. The molecule has 0 saturated heterocycles. The molecule has 2 aromatic carbocycles. The second kappa shape index (κ2) is 4.59. The number of benzene rings is 2. The van der Waals surface area contributed by atoms with Gasteiger partial charge in [0.15, 0.2) is 5.58 Å². The lowest BCUT2D eigenvalue weighted by Gasteiger charge is -2.04. The highest BCUT2D eigenvalue weighted by atomic mass is 35.5. The Balaban J connectivity index is 2.23. The third kappa shape index (κ3) is 2.06. The van der Waals surface area contributed by atoms with Gasteiger partial charge in [-0.25, -0.2) is 4.98 Å². The number of hydrogen-bond acceptors (Lipinski definition) is 3. The second-order valence-corrected chi connectivity index (χ2v) is 4.82. The van der Waals surface area contributed by atoms with Gasteiger partial charge in [0.1, 0.15) is 5.52 Å². The summed E-state index contributed by atoms with van der Waals surface area (Å²) in [5.74, 6) is 0.602. The van der Waals surface area contributed by atoms with Crippen LogP contribution in [-0.2, 0) is 0 Å². The molecule has 0 bridgehead atoms. The fourth-order valence-corrected chi connectivity index (χ4v) is 2.43.